The summed E-state index contributed by atoms with van der Waals surface area (Å²) < 4.78 is 5.94. The average Bonchev–Trinajstić information content (AvgIpc) is 3.06. The lowest BCUT2D eigenvalue weighted by molar-refractivity contribution is -0.0769. The number of likely N-dealkylation sites (N-methyl/N-ethyl adjacent to an activating group) is 1. The van der Waals surface area contributed by atoms with E-state index < -0.39 is 0 Å². The third kappa shape index (κ3) is 3.92. The first-order valence-electron chi connectivity index (χ1n) is 9.73. The number of aryl methyl sites for hydroxylation is 1. The van der Waals surface area contributed by atoms with Gasteiger partial charge >= 0.3 is 0 Å². The van der Waals surface area contributed by atoms with Crippen molar-refractivity contribution >= 4 is 17.2 Å². The molecule has 1 aromatic carbocycles. The van der Waals surface area contributed by atoms with Crippen LogP contribution in [-0.4, -0.2) is 64.6 Å². The molecule has 150 valence electrons. The van der Waals surface area contributed by atoms with E-state index in [1.54, 1.807) is 29.5 Å². The summed E-state index contributed by atoms with van der Waals surface area (Å²) in [6.07, 6.45) is 2.16. The standard InChI is InChI=1S/C21H27N3O3S/c1-15-22-18(12-28-15)11-27-10-16-6-7-23(2)21(9-16)13-24(14-21)20(26)17-4-3-5-19(25)8-17/h3-5,8,12,16,25H,6-7,9-11,13-14H2,1-2H3/t16-/m0/s1. The minimum atomic E-state index is -0.00722. The Kier molecular flexibility index (Phi) is 5.40. The summed E-state index contributed by atoms with van der Waals surface area (Å²) >= 11 is 1.65. The van der Waals surface area contributed by atoms with E-state index in [0.717, 1.165) is 49.8 Å². The van der Waals surface area contributed by atoms with Crippen LogP contribution in [0, 0.1) is 12.8 Å². The molecule has 2 saturated heterocycles. The third-order valence-electron chi connectivity index (χ3n) is 5.97. The first-order chi connectivity index (χ1) is 13.4. The number of aromatic nitrogens is 1. The van der Waals surface area contributed by atoms with Crippen molar-refractivity contribution in [3.63, 3.8) is 0 Å². The molecule has 2 fully saturated rings. The van der Waals surface area contributed by atoms with Crippen molar-refractivity contribution in [2.75, 3.05) is 33.3 Å². The van der Waals surface area contributed by atoms with Gasteiger partial charge in [-0.25, -0.2) is 4.98 Å². The minimum Gasteiger partial charge on any atom is -0.508 e. The van der Waals surface area contributed by atoms with Crippen LogP contribution in [0.3, 0.4) is 0 Å². The monoisotopic (exact) mass is 401 g/mol. The van der Waals surface area contributed by atoms with Gasteiger partial charge in [0.1, 0.15) is 5.75 Å². The second-order valence-corrected chi connectivity index (χ2v) is 9.15. The zero-order chi connectivity index (χ0) is 19.7. The predicted octanol–water partition coefficient (Wildman–Crippen LogP) is 2.91. The predicted molar refractivity (Wildman–Crippen MR) is 109 cm³/mol. The van der Waals surface area contributed by atoms with Crippen LogP contribution in [0.2, 0.25) is 0 Å². The summed E-state index contributed by atoms with van der Waals surface area (Å²) in [7, 11) is 2.16. The highest BCUT2D eigenvalue weighted by atomic mass is 32.1. The van der Waals surface area contributed by atoms with E-state index in [1.165, 1.54) is 6.07 Å². The van der Waals surface area contributed by atoms with Gasteiger partial charge in [-0.15, -0.1) is 11.3 Å². The molecule has 4 rings (SSSR count). The van der Waals surface area contributed by atoms with Crippen LogP contribution >= 0.6 is 11.3 Å². The van der Waals surface area contributed by atoms with E-state index in [0.29, 0.717) is 18.1 Å². The number of phenols is 1. The quantitative estimate of drug-likeness (QED) is 0.835. The van der Waals surface area contributed by atoms with Gasteiger partial charge in [-0.1, -0.05) is 6.07 Å². The summed E-state index contributed by atoms with van der Waals surface area (Å²) in [6, 6.07) is 6.59. The highest BCUT2D eigenvalue weighted by Gasteiger charge is 2.51. The Morgan fingerprint density at radius 3 is 2.96 bits per heavy atom. The number of piperidine rings is 1. The van der Waals surface area contributed by atoms with E-state index in [1.807, 2.05) is 11.8 Å². The van der Waals surface area contributed by atoms with Gasteiger partial charge in [-0.2, -0.15) is 0 Å². The van der Waals surface area contributed by atoms with Crippen molar-refractivity contribution in [1.82, 2.24) is 14.8 Å². The smallest absolute Gasteiger partial charge is 0.254 e. The fourth-order valence-electron chi connectivity index (χ4n) is 4.36. The number of nitrogens with zero attached hydrogens (tertiary/aromatic N) is 3. The number of rotatable bonds is 5. The molecule has 1 aromatic heterocycles. The lowest BCUT2D eigenvalue weighted by atomic mass is 9.75. The minimum absolute atomic E-state index is 0.00722. The second kappa shape index (κ2) is 7.81. The molecular weight excluding hydrogens is 374 g/mol. The molecule has 7 heteroatoms. The van der Waals surface area contributed by atoms with E-state index >= 15 is 0 Å². The van der Waals surface area contributed by atoms with Crippen LogP contribution in [0.15, 0.2) is 29.6 Å². The highest BCUT2D eigenvalue weighted by Crippen LogP contribution is 2.39. The second-order valence-electron chi connectivity index (χ2n) is 8.09. The van der Waals surface area contributed by atoms with Crippen molar-refractivity contribution in [2.24, 2.45) is 5.92 Å². The molecule has 1 N–H and O–H groups in total. The largest absolute Gasteiger partial charge is 0.508 e. The van der Waals surface area contributed by atoms with Crippen LogP contribution in [0.4, 0.5) is 0 Å². The number of hydrogen-bond donors (Lipinski definition) is 1. The van der Waals surface area contributed by atoms with Gasteiger partial charge in [0.25, 0.3) is 5.91 Å². The SMILES string of the molecule is Cc1nc(COC[C@H]2CCN(C)C3(C2)CN(C(=O)c2cccc(O)c2)C3)cs1. The highest BCUT2D eigenvalue weighted by molar-refractivity contribution is 7.09. The van der Waals surface area contributed by atoms with Gasteiger partial charge in [0, 0.05) is 24.0 Å². The van der Waals surface area contributed by atoms with Gasteiger partial charge in [0.05, 0.1) is 29.5 Å². The molecule has 1 amide bonds. The van der Waals surface area contributed by atoms with Crippen LogP contribution < -0.4 is 0 Å². The maximum Gasteiger partial charge on any atom is 0.254 e. The maximum atomic E-state index is 12.7. The molecule has 0 bridgehead atoms. The fraction of sp³-hybridized carbons (Fsp3) is 0.524. The van der Waals surface area contributed by atoms with E-state index in [2.05, 4.69) is 22.3 Å². The van der Waals surface area contributed by atoms with E-state index in [9.17, 15) is 9.90 Å². The molecule has 6 nitrogen and oxygen atoms in total. The molecule has 1 atom stereocenters. The van der Waals surface area contributed by atoms with Gasteiger partial charge < -0.3 is 14.7 Å². The van der Waals surface area contributed by atoms with Gasteiger partial charge in [0.15, 0.2) is 0 Å². The Bertz CT molecular complexity index is 847. The number of benzene rings is 1. The maximum absolute atomic E-state index is 12.7. The first-order valence-corrected chi connectivity index (χ1v) is 10.6. The zero-order valence-corrected chi connectivity index (χ0v) is 17.2. The van der Waals surface area contributed by atoms with Gasteiger partial charge in [-0.3, -0.25) is 9.69 Å². The lowest BCUT2D eigenvalue weighted by Gasteiger charge is -2.58. The molecule has 2 aromatic rings. The molecule has 0 unspecified atom stereocenters. The lowest BCUT2D eigenvalue weighted by Crippen LogP contribution is -2.72. The summed E-state index contributed by atoms with van der Waals surface area (Å²) in [4.78, 5) is 21.4. The molecule has 0 saturated carbocycles. The number of amides is 1. The Balaban J connectivity index is 1.31. The molecular formula is C21H27N3O3S. The van der Waals surface area contributed by atoms with Crippen molar-refractivity contribution in [1.29, 1.82) is 0 Å². The molecule has 2 aliphatic rings. The number of carbonyl (C=O) groups is 1. The fourth-order valence-corrected chi connectivity index (χ4v) is 4.95. The number of phenolic OH excluding ortho intramolecular Hbond substituents is 1. The van der Waals surface area contributed by atoms with Crippen molar-refractivity contribution in [3.05, 3.63) is 45.9 Å². The van der Waals surface area contributed by atoms with E-state index in [-0.39, 0.29) is 17.2 Å². The first kappa shape index (κ1) is 19.4. The number of hydrogen-bond acceptors (Lipinski definition) is 6. The number of aromatic hydroxyl groups is 1. The zero-order valence-electron chi connectivity index (χ0n) is 16.4. The van der Waals surface area contributed by atoms with Crippen LogP contribution in [-0.2, 0) is 11.3 Å². The number of carbonyl (C=O) groups excluding carboxylic acids is 1. The Morgan fingerprint density at radius 2 is 2.25 bits per heavy atom. The summed E-state index contributed by atoms with van der Waals surface area (Å²) in [6.45, 7) is 5.82. The summed E-state index contributed by atoms with van der Waals surface area (Å²) in [5.41, 5.74) is 1.61. The number of ether oxygens (including phenoxy) is 1. The molecule has 3 heterocycles. The number of thiazole rings is 1. The van der Waals surface area contributed by atoms with Gasteiger partial charge in [-0.05, 0) is 57.5 Å². The molecule has 2 aliphatic heterocycles. The summed E-state index contributed by atoms with van der Waals surface area (Å²) in [5.74, 6) is 0.629. The molecule has 28 heavy (non-hydrogen) atoms. The number of likely N-dealkylation sites (tertiary alicyclic amines) is 2. The van der Waals surface area contributed by atoms with Crippen molar-refractivity contribution in [2.45, 2.75) is 31.9 Å². The van der Waals surface area contributed by atoms with Crippen LogP contribution in [0.1, 0.15) is 33.9 Å². The summed E-state index contributed by atoms with van der Waals surface area (Å²) in [5, 5.41) is 12.8. The molecule has 0 radical (unpaired) electrons. The molecule has 1 spiro atoms. The van der Waals surface area contributed by atoms with Crippen LogP contribution in [0.25, 0.3) is 0 Å². The van der Waals surface area contributed by atoms with Crippen molar-refractivity contribution in [3.8, 4) is 5.75 Å². The van der Waals surface area contributed by atoms with Crippen molar-refractivity contribution < 1.29 is 14.6 Å². The normalized spacial score (nSPS) is 21.6. The molecule has 0 aliphatic carbocycles. The Labute approximate surface area is 169 Å². The third-order valence-corrected chi connectivity index (χ3v) is 6.79. The Morgan fingerprint density at radius 1 is 1.43 bits per heavy atom. The van der Waals surface area contributed by atoms with Gasteiger partial charge in [0.2, 0.25) is 0 Å². The topological polar surface area (TPSA) is 65.9 Å². The van der Waals surface area contributed by atoms with E-state index in [4.69, 9.17) is 4.74 Å². The van der Waals surface area contributed by atoms with Crippen LogP contribution in [0.5, 0.6) is 5.75 Å². The average molecular weight is 402 g/mol. The Hall–Kier alpha value is -1.96.